The minimum absolute atomic E-state index is 0.296. The predicted molar refractivity (Wildman–Crippen MR) is 82.0 cm³/mol. The number of hydrogen-bond acceptors (Lipinski definition) is 5. The van der Waals surface area contributed by atoms with Gasteiger partial charge >= 0.3 is 0 Å². The Morgan fingerprint density at radius 3 is 2.70 bits per heavy atom. The average molecular weight is 335 g/mol. The molecule has 9 heteroatoms. The number of rotatable bonds is 4. The quantitative estimate of drug-likeness (QED) is 0.783. The van der Waals surface area contributed by atoms with Crippen molar-refractivity contribution in [1.29, 1.82) is 0 Å². The number of aryl methyl sites for hydroxylation is 3. The fourth-order valence-electron chi connectivity index (χ4n) is 2.27. The zero-order chi connectivity index (χ0) is 16.6. The van der Waals surface area contributed by atoms with Gasteiger partial charge in [0.25, 0.3) is 5.91 Å². The number of halogens is 1. The van der Waals surface area contributed by atoms with Gasteiger partial charge in [0, 0.05) is 39.0 Å². The predicted octanol–water partition coefficient (Wildman–Crippen LogP) is 1.62. The van der Waals surface area contributed by atoms with E-state index in [1.54, 1.807) is 54.9 Å². The molecule has 0 unspecified atom stereocenters. The van der Waals surface area contributed by atoms with E-state index in [1.807, 2.05) is 0 Å². The Morgan fingerprint density at radius 1 is 1.39 bits per heavy atom. The molecule has 3 aromatic heterocycles. The molecule has 0 aromatic carbocycles. The summed E-state index contributed by atoms with van der Waals surface area (Å²) < 4.78 is 8.31. The normalized spacial score (nSPS) is 12.3. The van der Waals surface area contributed by atoms with Crippen LogP contribution in [0.25, 0.3) is 0 Å². The molecule has 3 heterocycles. The van der Waals surface area contributed by atoms with Crippen molar-refractivity contribution in [3.63, 3.8) is 0 Å². The van der Waals surface area contributed by atoms with E-state index in [9.17, 15) is 4.79 Å². The summed E-state index contributed by atoms with van der Waals surface area (Å²) in [4.78, 5) is 16.8. The summed E-state index contributed by atoms with van der Waals surface area (Å²) in [6.07, 6.45) is 5.09. The number of carbonyl (C=O) groups is 1. The minimum atomic E-state index is -0.567. The van der Waals surface area contributed by atoms with Crippen molar-refractivity contribution in [2.45, 2.75) is 13.0 Å². The molecule has 3 rings (SSSR count). The van der Waals surface area contributed by atoms with Crippen molar-refractivity contribution in [3.05, 3.63) is 52.7 Å². The summed E-state index contributed by atoms with van der Waals surface area (Å²) in [7, 11) is 3.54. The summed E-state index contributed by atoms with van der Waals surface area (Å²) in [6, 6.07) is 1.03. The van der Waals surface area contributed by atoms with Gasteiger partial charge in [0.2, 0.25) is 5.89 Å². The van der Waals surface area contributed by atoms with Crippen LogP contribution in [0, 0.1) is 6.92 Å². The smallest absolute Gasteiger partial charge is 0.268 e. The standard InChI is InChI=1S/C14H15ClN6O2/c1-8-17-13(19-23-8)12(9-5-16-21(3)6-9)18-14(22)11-4-10(15)7-20(11)2/h4-7,12H,1-3H3,(H,18,22)/t12-/m0/s1. The minimum Gasteiger partial charge on any atom is -0.345 e. The molecule has 1 N–H and O–H groups in total. The first kappa shape index (κ1) is 15.3. The van der Waals surface area contributed by atoms with E-state index in [2.05, 4.69) is 20.6 Å². The lowest BCUT2D eigenvalue weighted by Crippen LogP contribution is -2.31. The average Bonchev–Trinajstić information content (AvgIpc) is 3.17. The summed E-state index contributed by atoms with van der Waals surface area (Å²) in [6.45, 7) is 1.69. The highest BCUT2D eigenvalue weighted by molar-refractivity contribution is 6.31. The topological polar surface area (TPSA) is 90.8 Å². The Hall–Kier alpha value is -2.61. The Kier molecular flexibility index (Phi) is 3.91. The molecule has 0 saturated carbocycles. The van der Waals surface area contributed by atoms with Crippen molar-refractivity contribution in [2.75, 3.05) is 0 Å². The molecule has 1 amide bonds. The van der Waals surface area contributed by atoms with Gasteiger partial charge in [-0.2, -0.15) is 10.1 Å². The lowest BCUT2D eigenvalue weighted by atomic mass is 10.1. The van der Waals surface area contributed by atoms with Gasteiger partial charge in [-0.25, -0.2) is 0 Å². The van der Waals surface area contributed by atoms with Crippen LogP contribution in [-0.2, 0) is 14.1 Å². The van der Waals surface area contributed by atoms with Gasteiger partial charge in [-0.3, -0.25) is 9.48 Å². The van der Waals surface area contributed by atoms with Gasteiger partial charge in [0.15, 0.2) is 5.82 Å². The second kappa shape index (κ2) is 5.88. The molecule has 0 spiro atoms. The zero-order valence-electron chi connectivity index (χ0n) is 12.8. The maximum atomic E-state index is 12.5. The summed E-state index contributed by atoms with van der Waals surface area (Å²) in [5.41, 5.74) is 1.19. The fraction of sp³-hybridized carbons (Fsp3) is 0.286. The summed E-state index contributed by atoms with van der Waals surface area (Å²) in [5.74, 6) is 0.491. The molecule has 0 aliphatic heterocycles. The molecule has 0 aliphatic rings. The second-order valence-corrected chi connectivity index (χ2v) is 5.62. The SMILES string of the molecule is Cc1nc([C@@H](NC(=O)c2cc(Cl)cn2C)c2cnn(C)c2)no1. The first-order chi connectivity index (χ1) is 10.9. The van der Waals surface area contributed by atoms with Crippen molar-refractivity contribution in [1.82, 2.24) is 29.8 Å². The van der Waals surface area contributed by atoms with E-state index < -0.39 is 6.04 Å². The van der Waals surface area contributed by atoms with Crippen molar-refractivity contribution in [2.24, 2.45) is 14.1 Å². The van der Waals surface area contributed by atoms with E-state index >= 15 is 0 Å². The monoisotopic (exact) mass is 334 g/mol. The molecule has 0 aliphatic carbocycles. The molecule has 0 bridgehead atoms. The lowest BCUT2D eigenvalue weighted by Gasteiger charge is -2.14. The van der Waals surface area contributed by atoms with Gasteiger partial charge in [0.1, 0.15) is 11.7 Å². The van der Waals surface area contributed by atoms with Crippen LogP contribution < -0.4 is 5.32 Å². The molecule has 0 radical (unpaired) electrons. The third-order valence-corrected chi connectivity index (χ3v) is 3.55. The van der Waals surface area contributed by atoms with Crippen LogP contribution in [0.2, 0.25) is 5.02 Å². The maximum Gasteiger partial charge on any atom is 0.268 e. The number of aromatic nitrogens is 5. The van der Waals surface area contributed by atoms with Gasteiger partial charge in [0.05, 0.1) is 11.2 Å². The van der Waals surface area contributed by atoms with Crippen LogP contribution in [0.1, 0.15) is 33.8 Å². The number of hydrogen-bond donors (Lipinski definition) is 1. The van der Waals surface area contributed by atoms with Crippen LogP contribution in [0.3, 0.4) is 0 Å². The van der Waals surface area contributed by atoms with Gasteiger partial charge in [-0.05, 0) is 6.07 Å². The van der Waals surface area contributed by atoms with E-state index in [0.29, 0.717) is 22.4 Å². The van der Waals surface area contributed by atoms with Crippen LogP contribution in [0.4, 0.5) is 0 Å². The van der Waals surface area contributed by atoms with Crippen LogP contribution in [-0.4, -0.2) is 30.4 Å². The van der Waals surface area contributed by atoms with E-state index in [0.717, 1.165) is 5.56 Å². The van der Waals surface area contributed by atoms with Crippen molar-refractivity contribution in [3.8, 4) is 0 Å². The van der Waals surface area contributed by atoms with Crippen molar-refractivity contribution < 1.29 is 9.32 Å². The van der Waals surface area contributed by atoms with Gasteiger partial charge in [-0.15, -0.1) is 0 Å². The lowest BCUT2D eigenvalue weighted by molar-refractivity contribution is 0.0933. The van der Waals surface area contributed by atoms with E-state index in [4.69, 9.17) is 16.1 Å². The number of nitrogens with zero attached hydrogens (tertiary/aromatic N) is 5. The third-order valence-electron chi connectivity index (χ3n) is 3.34. The third kappa shape index (κ3) is 3.11. The molecule has 120 valence electrons. The Bertz CT molecular complexity index is 809. The zero-order valence-corrected chi connectivity index (χ0v) is 13.6. The van der Waals surface area contributed by atoms with Crippen molar-refractivity contribution >= 4 is 17.5 Å². The fourth-order valence-corrected chi connectivity index (χ4v) is 2.52. The van der Waals surface area contributed by atoms with Crippen LogP contribution in [0.15, 0.2) is 29.2 Å². The highest BCUT2D eigenvalue weighted by Crippen LogP contribution is 2.20. The summed E-state index contributed by atoms with van der Waals surface area (Å²) in [5, 5.41) is 11.4. The molecular weight excluding hydrogens is 320 g/mol. The van der Waals surface area contributed by atoms with Gasteiger partial charge < -0.3 is 14.4 Å². The molecule has 1 atom stereocenters. The first-order valence-corrected chi connectivity index (χ1v) is 7.23. The second-order valence-electron chi connectivity index (χ2n) is 5.18. The molecule has 0 saturated heterocycles. The molecular formula is C14H15ClN6O2. The molecule has 8 nitrogen and oxygen atoms in total. The Balaban J connectivity index is 1.93. The molecule has 3 aromatic rings. The van der Waals surface area contributed by atoms with E-state index in [1.165, 1.54) is 0 Å². The van der Waals surface area contributed by atoms with Crippen LogP contribution in [0.5, 0.6) is 0 Å². The first-order valence-electron chi connectivity index (χ1n) is 6.85. The Labute approximate surface area is 137 Å². The highest BCUT2D eigenvalue weighted by Gasteiger charge is 2.25. The summed E-state index contributed by atoms with van der Waals surface area (Å²) >= 11 is 5.93. The molecule has 0 fully saturated rings. The van der Waals surface area contributed by atoms with Crippen LogP contribution >= 0.6 is 11.6 Å². The number of carbonyl (C=O) groups excluding carboxylic acids is 1. The maximum absolute atomic E-state index is 12.5. The highest BCUT2D eigenvalue weighted by atomic mass is 35.5. The van der Waals surface area contributed by atoms with E-state index in [-0.39, 0.29) is 5.91 Å². The number of nitrogens with one attached hydrogen (secondary N) is 1. The number of amides is 1. The van der Waals surface area contributed by atoms with Gasteiger partial charge in [-0.1, -0.05) is 16.8 Å². The molecule has 23 heavy (non-hydrogen) atoms. The largest absolute Gasteiger partial charge is 0.345 e. The Morgan fingerprint density at radius 2 is 2.17 bits per heavy atom.